The molecule has 0 spiro atoms. The topological polar surface area (TPSA) is 45.6 Å². The first-order valence-electron chi connectivity index (χ1n) is 7.10. The number of thioether (sulfide) groups is 1. The first-order valence-corrected chi connectivity index (χ1v) is 8.77. The molecule has 0 heterocycles. The highest BCUT2D eigenvalue weighted by molar-refractivity contribution is 14.0. The monoisotopic (exact) mass is 501 g/mol. The second-order valence-electron chi connectivity index (χ2n) is 4.46. The highest BCUT2D eigenvalue weighted by Gasteiger charge is 2.06. The SMILES string of the molecule is CCOCCNC(=NC)NCC(C)Sc1ccc(Br)cc1.I. The summed E-state index contributed by atoms with van der Waals surface area (Å²) in [6.07, 6.45) is 0. The van der Waals surface area contributed by atoms with Gasteiger partial charge in [-0.3, -0.25) is 4.99 Å². The number of aliphatic imine (C=N–C) groups is 1. The summed E-state index contributed by atoms with van der Waals surface area (Å²) in [7, 11) is 1.78. The third kappa shape index (κ3) is 9.91. The van der Waals surface area contributed by atoms with Gasteiger partial charge in [-0.2, -0.15) is 0 Å². The van der Waals surface area contributed by atoms with Gasteiger partial charge >= 0.3 is 0 Å². The number of hydrogen-bond acceptors (Lipinski definition) is 3. The molecule has 1 aromatic carbocycles. The maximum Gasteiger partial charge on any atom is 0.191 e. The number of rotatable bonds is 8. The Bertz CT molecular complexity index is 431. The third-order valence-electron chi connectivity index (χ3n) is 2.67. The maximum atomic E-state index is 5.29. The van der Waals surface area contributed by atoms with Gasteiger partial charge in [-0.1, -0.05) is 22.9 Å². The quantitative estimate of drug-likeness (QED) is 0.187. The molecule has 0 bridgehead atoms. The smallest absolute Gasteiger partial charge is 0.191 e. The zero-order chi connectivity index (χ0) is 15.5. The van der Waals surface area contributed by atoms with Gasteiger partial charge in [0.1, 0.15) is 0 Å². The lowest BCUT2D eigenvalue weighted by Gasteiger charge is -2.16. The van der Waals surface area contributed by atoms with E-state index in [1.807, 2.05) is 18.7 Å². The average Bonchev–Trinajstić information content (AvgIpc) is 2.49. The molecule has 1 rings (SSSR count). The predicted octanol–water partition coefficient (Wildman–Crippen LogP) is 3.75. The average molecular weight is 502 g/mol. The van der Waals surface area contributed by atoms with E-state index in [-0.39, 0.29) is 24.0 Å². The van der Waals surface area contributed by atoms with Gasteiger partial charge in [-0.25, -0.2) is 0 Å². The van der Waals surface area contributed by atoms with Crippen molar-refractivity contribution in [2.45, 2.75) is 24.0 Å². The van der Waals surface area contributed by atoms with Crippen molar-refractivity contribution in [3.63, 3.8) is 0 Å². The van der Waals surface area contributed by atoms with E-state index >= 15 is 0 Å². The van der Waals surface area contributed by atoms with E-state index in [0.29, 0.717) is 11.9 Å². The molecule has 0 saturated carbocycles. The van der Waals surface area contributed by atoms with Crippen LogP contribution in [0.25, 0.3) is 0 Å². The first kappa shape index (κ1) is 22.0. The van der Waals surface area contributed by atoms with Crippen molar-refractivity contribution in [3.05, 3.63) is 28.7 Å². The Morgan fingerprint density at radius 2 is 2.00 bits per heavy atom. The molecule has 0 radical (unpaired) electrons. The Morgan fingerprint density at radius 3 is 2.59 bits per heavy atom. The van der Waals surface area contributed by atoms with Crippen LogP contribution in [0.4, 0.5) is 0 Å². The van der Waals surface area contributed by atoms with Crippen molar-refractivity contribution in [2.24, 2.45) is 4.99 Å². The highest BCUT2D eigenvalue weighted by atomic mass is 127. The molecule has 1 aromatic rings. The number of guanidine groups is 1. The fraction of sp³-hybridized carbons (Fsp3) is 0.533. The summed E-state index contributed by atoms with van der Waals surface area (Å²) in [6.45, 7) is 7.26. The number of halogens is 2. The summed E-state index contributed by atoms with van der Waals surface area (Å²) >= 11 is 5.30. The van der Waals surface area contributed by atoms with E-state index in [2.05, 4.69) is 62.7 Å². The number of nitrogens with zero attached hydrogens (tertiary/aromatic N) is 1. The van der Waals surface area contributed by atoms with Crippen molar-refractivity contribution >= 4 is 57.6 Å². The summed E-state index contributed by atoms with van der Waals surface area (Å²) < 4.78 is 6.40. The minimum absolute atomic E-state index is 0. The summed E-state index contributed by atoms with van der Waals surface area (Å²) in [5.41, 5.74) is 0. The predicted molar refractivity (Wildman–Crippen MR) is 111 cm³/mol. The van der Waals surface area contributed by atoms with Crippen LogP contribution in [0.2, 0.25) is 0 Å². The van der Waals surface area contributed by atoms with Crippen molar-refractivity contribution in [1.29, 1.82) is 0 Å². The van der Waals surface area contributed by atoms with Crippen LogP contribution in [0, 0.1) is 0 Å². The number of hydrogen-bond donors (Lipinski definition) is 2. The van der Waals surface area contributed by atoms with E-state index in [0.717, 1.165) is 30.1 Å². The molecule has 7 heteroatoms. The molecule has 2 N–H and O–H groups in total. The molecule has 1 unspecified atom stereocenters. The Kier molecular flexibility index (Phi) is 13.5. The van der Waals surface area contributed by atoms with Crippen LogP contribution in [-0.4, -0.2) is 44.6 Å². The Balaban J connectivity index is 0.00000441. The minimum atomic E-state index is 0. The molecule has 0 fully saturated rings. The van der Waals surface area contributed by atoms with Crippen molar-refractivity contribution in [2.75, 3.05) is 33.4 Å². The second-order valence-corrected chi connectivity index (χ2v) is 6.89. The molecule has 0 amide bonds. The van der Waals surface area contributed by atoms with Gasteiger partial charge in [0.2, 0.25) is 0 Å². The van der Waals surface area contributed by atoms with E-state index in [9.17, 15) is 0 Å². The van der Waals surface area contributed by atoms with Gasteiger partial charge < -0.3 is 15.4 Å². The molecule has 0 saturated heterocycles. The summed E-state index contributed by atoms with van der Waals surface area (Å²) in [5, 5.41) is 7.02. The fourth-order valence-electron chi connectivity index (χ4n) is 1.63. The van der Waals surface area contributed by atoms with E-state index in [4.69, 9.17) is 4.74 Å². The molecule has 0 aliphatic heterocycles. The molecule has 4 nitrogen and oxygen atoms in total. The first-order chi connectivity index (χ1) is 10.2. The zero-order valence-electron chi connectivity index (χ0n) is 13.3. The molecule has 1 atom stereocenters. The van der Waals surface area contributed by atoms with Gasteiger partial charge in [-0.15, -0.1) is 35.7 Å². The largest absolute Gasteiger partial charge is 0.380 e. The highest BCUT2D eigenvalue weighted by Crippen LogP contribution is 2.24. The molecule has 126 valence electrons. The number of nitrogens with one attached hydrogen (secondary N) is 2. The normalized spacial score (nSPS) is 12.5. The van der Waals surface area contributed by atoms with Crippen LogP contribution in [-0.2, 0) is 4.74 Å². The van der Waals surface area contributed by atoms with Crippen LogP contribution >= 0.6 is 51.7 Å². The van der Waals surface area contributed by atoms with Gasteiger partial charge in [0.15, 0.2) is 5.96 Å². The standard InChI is InChI=1S/C15H24BrN3OS.HI/c1-4-20-10-9-18-15(17-3)19-11-12(2)21-14-7-5-13(16)6-8-14;/h5-8,12H,4,9-11H2,1-3H3,(H2,17,18,19);1H. The van der Waals surface area contributed by atoms with Crippen LogP contribution in [0.3, 0.4) is 0 Å². The van der Waals surface area contributed by atoms with Gasteiger partial charge in [0.05, 0.1) is 6.61 Å². The van der Waals surface area contributed by atoms with Crippen LogP contribution in [0.1, 0.15) is 13.8 Å². The van der Waals surface area contributed by atoms with Crippen molar-refractivity contribution in [3.8, 4) is 0 Å². The minimum Gasteiger partial charge on any atom is -0.380 e. The maximum absolute atomic E-state index is 5.29. The van der Waals surface area contributed by atoms with Crippen molar-refractivity contribution < 1.29 is 4.74 Å². The van der Waals surface area contributed by atoms with Crippen LogP contribution < -0.4 is 10.6 Å². The van der Waals surface area contributed by atoms with Gasteiger partial charge in [-0.05, 0) is 31.2 Å². The van der Waals surface area contributed by atoms with E-state index in [1.54, 1.807) is 7.05 Å². The number of ether oxygens (including phenoxy) is 1. The third-order valence-corrected chi connectivity index (χ3v) is 4.32. The van der Waals surface area contributed by atoms with Gasteiger partial charge in [0.25, 0.3) is 0 Å². The molecular weight excluding hydrogens is 477 g/mol. The molecule has 0 aliphatic carbocycles. The second kappa shape index (κ2) is 13.4. The van der Waals surface area contributed by atoms with E-state index < -0.39 is 0 Å². The van der Waals surface area contributed by atoms with Crippen LogP contribution in [0.15, 0.2) is 38.6 Å². The van der Waals surface area contributed by atoms with E-state index in [1.165, 1.54) is 4.90 Å². The lowest BCUT2D eigenvalue weighted by atomic mass is 10.4. The summed E-state index contributed by atoms with van der Waals surface area (Å²) in [5.74, 6) is 0.818. The fourth-order valence-corrected chi connectivity index (χ4v) is 2.82. The lowest BCUT2D eigenvalue weighted by Crippen LogP contribution is -2.41. The summed E-state index contributed by atoms with van der Waals surface area (Å²) in [4.78, 5) is 5.47. The van der Waals surface area contributed by atoms with Gasteiger partial charge in [0, 0.05) is 41.4 Å². The Labute approximate surface area is 163 Å². The summed E-state index contributed by atoms with van der Waals surface area (Å²) in [6, 6.07) is 8.38. The molecule has 0 aromatic heterocycles. The lowest BCUT2D eigenvalue weighted by molar-refractivity contribution is 0.152. The van der Waals surface area contributed by atoms with Crippen LogP contribution in [0.5, 0.6) is 0 Å². The Morgan fingerprint density at radius 1 is 1.32 bits per heavy atom. The molecular formula is C15H25BrIN3OS. The molecule has 0 aliphatic rings. The van der Waals surface area contributed by atoms with Crippen molar-refractivity contribution in [1.82, 2.24) is 10.6 Å². The Hall–Kier alpha value is 0.01000. The molecule has 22 heavy (non-hydrogen) atoms. The zero-order valence-corrected chi connectivity index (χ0v) is 18.0. The number of benzene rings is 1.